The smallest absolute Gasteiger partial charge is 0.312 e. The quantitative estimate of drug-likeness (QED) is 0.287. The van der Waals surface area contributed by atoms with Gasteiger partial charge in [-0.25, -0.2) is 0 Å². The molecule has 0 radical (unpaired) electrons. The molecule has 1 saturated heterocycles. The number of ketones is 2. The molecule has 134 valence electrons. The lowest BCUT2D eigenvalue weighted by molar-refractivity contribution is -0.229. The summed E-state index contributed by atoms with van der Waals surface area (Å²) in [5.74, 6) is -0.905. The van der Waals surface area contributed by atoms with Crippen LogP contribution in [0.25, 0.3) is 0 Å². The van der Waals surface area contributed by atoms with Crippen molar-refractivity contribution in [3.05, 3.63) is 12.2 Å². The fraction of sp³-hybridized carbons (Fsp3) is 0.750. The molecule has 0 aromatic rings. The van der Waals surface area contributed by atoms with Crippen molar-refractivity contribution in [2.75, 3.05) is 6.61 Å². The van der Waals surface area contributed by atoms with Crippen molar-refractivity contribution in [3.8, 4) is 0 Å². The fourth-order valence-corrected chi connectivity index (χ4v) is 8.04. The number of rotatable bonds is 0. The highest BCUT2D eigenvalue weighted by Crippen LogP contribution is 2.72. The summed E-state index contributed by atoms with van der Waals surface area (Å²) in [6.45, 7) is 6.41. The van der Waals surface area contributed by atoms with Gasteiger partial charge in [0.1, 0.15) is 0 Å². The Morgan fingerprint density at radius 2 is 1.96 bits per heavy atom. The summed E-state index contributed by atoms with van der Waals surface area (Å²) >= 11 is 6.77. The number of fused-ring (bicyclic) bond motifs is 2. The van der Waals surface area contributed by atoms with Crippen molar-refractivity contribution < 1.29 is 19.1 Å². The molecule has 1 spiro atoms. The average Bonchev–Trinajstić information content (AvgIpc) is 2.60. The highest BCUT2D eigenvalue weighted by Gasteiger charge is 2.78. The average molecular weight is 363 g/mol. The second-order valence-electron chi connectivity index (χ2n) is 9.22. The number of carbonyl (C=O) groups is 3. The van der Waals surface area contributed by atoms with Crippen LogP contribution < -0.4 is 0 Å². The van der Waals surface area contributed by atoms with Crippen LogP contribution in [0.4, 0.5) is 0 Å². The topological polar surface area (TPSA) is 60.4 Å². The molecular weight excluding hydrogens is 340 g/mol. The lowest BCUT2D eigenvalue weighted by atomic mass is 9.35. The summed E-state index contributed by atoms with van der Waals surface area (Å²) in [5.41, 5.74) is -1.62. The molecule has 2 unspecified atom stereocenters. The van der Waals surface area contributed by atoms with Crippen LogP contribution >= 0.6 is 11.6 Å². The van der Waals surface area contributed by atoms with Gasteiger partial charge in [-0.3, -0.25) is 14.4 Å². The summed E-state index contributed by atoms with van der Waals surface area (Å²) in [5, 5.41) is -0.791. The summed E-state index contributed by atoms with van der Waals surface area (Å²) in [4.78, 5) is 39.8. The van der Waals surface area contributed by atoms with E-state index in [4.69, 9.17) is 16.3 Å². The van der Waals surface area contributed by atoms with Gasteiger partial charge in [-0.15, -0.1) is 11.6 Å². The maximum atomic E-state index is 13.5. The first-order valence-electron chi connectivity index (χ1n) is 9.38. The molecule has 25 heavy (non-hydrogen) atoms. The van der Waals surface area contributed by atoms with Crippen LogP contribution in [0.1, 0.15) is 45.4 Å². The van der Waals surface area contributed by atoms with E-state index in [9.17, 15) is 14.4 Å². The third kappa shape index (κ3) is 1.52. The second-order valence-corrected chi connectivity index (χ2v) is 9.69. The van der Waals surface area contributed by atoms with E-state index >= 15 is 0 Å². The van der Waals surface area contributed by atoms with Crippen molar-refractivity contribution in [1.29, 1.82) is 0 Å². The Kier molecular flexibility index (Phi) is 2.93. The third-order valence-electron chi connectivity index (χ3n) is 8.35. The predicted molar refractivity (Wildman–Crippen MR) is 90.9 cm³/mol. The van der Waals surface area contributed by atoms with Crippen LogP contribution in [0.5, 0.6) is 0 Å². The second kappa shape index (κ2) is 4.57. The van der Waals surface area contributed by atoms with Gasteiger partial charge in [-0.05, 0) is 49.5 Å². The van der Waals surface area contributed by atoms with Gasteiger partial charge >= 0.3 is 5.97 Å². The highest BCUT2D eigenvalue weighted by molar-refractivity contribution is 6.36. The zero-order valence-corrected chi connectivity index (χ0v) is 15.2. The minimum absolute atomic E-state index is 0.0944. The Hall–Kier alpha value is -1.16. The standard InChI is InChI=1S/C20H23ClO4/c1-10-11-4-7-20(15(10)22)12(8-11)19-6-3-5-18(2,9-25-17(19)24)14(19)13(21)16(20)23/h11-14H,1,3-9H2,2H3/t11-,12?,13-,14?,18-,19+,20-/m0/s1. The summed E-state index contributed by atoms with van der Waals surface area (Å²) in [6.07, 6.45) is 4.52. The Bertz CT molecular complexity index is 744. The maximum Gasteiger partial charge on any atom is 0.312 e. The van der Waals surface area contributed by atoms with Crippen molar-refractivity contribution in [1.82, 2.24) is 0 Å². The zero-order valence-electron chi connectivity index (χ0n) is 14.5. The monoisotopic (exact) mass is 362 g/mol. The molecule has 7 atom stereocenters. The third-order valence-corrected chi connectivity index (χ3v) is 8.80. The van der Waals surface area contributed by atoms with E-state index in [1.165, 1.54) is 0 Å². The van der Waals surface area contributed by atoms with E-state index < -0.39 is 16.2 Å². The lowest BCUT2D eigenvalue weighted by Crippen LogP contribution is -2.75. The zero-order chi connectivity index (χ0) is 17.8. The number of esters is 1. The minimum Gasteiger partial charge on any atom is -0.465 e. The van der Waals surface area contributed by atoms with Crippen LogP contribution in [0.15, 0.2) is 12.2 Å². The van der Waals surface area contributed by atoms with Crippen LogP contribution in [-0.2, 0) is 19.1 Å². The molecule has 0 N–H and O–H groups in total. The van der Waals surface area contributed by atoms with E-state index in [-0.39, 0.29) is 40.7 Å². The molecule has 0 aromatic carbocycles. The summed E-state index contributed by atoms with van der Waals surface area (Å²) in [7, 11) is 0. The molecule has 1 aliphatic heterocycles. The van der Waals surface area contributed by atoms with E-state index in [1.54, 1.807) is 0 Å². The minimum atomic E-state index is -1.14. The SMILES string of the molecule is C=C1C(=O)[C@]23CC[C@H]1CC2[C@@]12CCC[C@@](C)(COC1=O)C2[C@H](Cl)C3=O. The summed E-state index contributed by atoms with van der Waals surface area (Å²) in [6, 6.07) is 0. The number of carbonyl (C=O) groups excluding carboxylic acids is 3. The molecule has 6 rings (SSSR count). The predicted octanol–water partition coefficient (Wildman–Crippen LogP) is 3.07. The Labute approximate surface area is 152 Å². The molecule has 0 amide bonds. The van der Waals surface area contributed by atoms with Gasteiger partial charge in [0.05, 0.1) is 22.8 Å². The van der Waals surface area contributed by atoms with Crippen LogP contribution in [0.3, 0.4) is 0 Å². The van der Waals surface area contributed by atoms with Crippen LogP contribution in [0.2, 0.25) is 0 Å². The van der Waals surface area contributed by atoms with Gasteiger partial charge in [-0.2, -0.15) is 0 Å². The molecule has 5 saturated carbocycles. The number of halogens is 1. The Morgan fingerprint density at radius 1 is 1.20 bits per heavy atom. The van der Waals surface area contributed by atoms with Crippen molar-refractivity contribution in [2.24, 2.45) is 34.0 Å². The molecule has 6 fully saturated rings. The number of ether oxygens (including phenoxy) is 1. The van der Waals surface area contributed by atoms with Crippen LogP contribution in [-0.4, -0.2) is 29.5 Å². The number of hydrogen-bond donors (Lipinski definition) is 0. The molecular formula is C20H23ClO4. The number of cyclic esters (lactones) is 1. The van der Waals surface area contributed by atoms with Crippen molar-refractivity contribution in [3.63, 3.8) is 0 Å². The largest absolute Gasteiger partial charge is 0.465 e. The van der Waals surface area contributed by atoms with Crippen molar-refractivity contribution in [2.45, 2.75) is 50.8 Å². The Balaban J connectivity index is 1.77. The molecule has 5 aliphatic carbocycles. The van der Waals surface area contributed by atoms with E-state index in [0.717, 1.165) is 19.3 Å². The van der Waals surface area contributed by atoms with Gasteiger partial charge in [0.2, 0.25) is 0 Å². The fourth-order valence-electron chi connectivity index (χ4n) is 7.32. The highest BCUT2D eigenvalue weighted by atomic mass is 35.5. The van der Waals surface area contributed by atoms with Gasteiger partial charge < -0.3 is 4.74 Å². The molecule has 0 aromatic heterocycles. The number of Topliss-reactive ketones (excluding diaryl/α,β-unsaturated/α-hetero) is 2. The van der Waals surface area contributed by atoms with E-state index in [0.29, 0.717) is 31.4 Å². The number of hydrogen-bond acceptors (Lipinski definition) is 4. The Morgan fingerprint density at radius 3 is 2.72 bits per heavy atom. The van der Waals surface area contributed by atoms with E-state index in [2.05, 4.69) is 13.5 Å². The number of alkyl halides is 1. The molecule has 1 heterocycles. The van der Waals surface area contributed by atoms with Gasteiger partial charge in [0.15, 0.2) is 11.6 Å². The summed E-state index contributed by atoms with van der Waals surface area (Å²) < 4.78 is 5.66. The molecule has 4 bridgehead atoms. The van der Waals surface area contributed by atoms with Gasteiger partial charge in [0.25, 0.3) is 0 Å². The molecule has 5 heteroatoms. The first-order valence-corrected chi connectivity index (χ1v) is 9.82. The molecule has 4 nitrogen and oxygen atoms in total. The number of allylic oxidation sites excluding steroid dienone is 1. The first kappa shape index (κ1) is 16.0. The van der Waals surface area contributed by atoms with E-state index in [1.807, 2.05) is 0 Å². The van der Waals surface area contributed by atoms with Crippen molar-refractivity contribution >= 4 is 29.1 Å². The van der Waals surface area contributed by atoms with Gasteiger partial charge in [-0.1, -0.05) is 19.9 Å². The normalized spacial score (nSPS) is 54.0. The molecule has 6 aliphatic rings. The van der Waals surface area contributed by atoms with Gasteiger partial charge in [0, 0.05) is 11.3 Å². The maximum absolute atomic E-state index is 13.5. The first-order chi connectivity index (χ1) is 11.8. The van der Waals surface area contributed by atoms with Crippen LogP contribution in [0, 0.1) is 34.0 Å². The lowest BCUT2D eigenvalue weighted by Gasteiger charge is -2.68.